The molecule has 19 heavy (non-hydrogen) atoms. The second-order valence-electron chi connectivity index (χ2n) is 4.20. The molecule has 0 aromatic carbocycles. The van der Waals surface area contributed by atoms with Gasteiger partial charge in [-0.25, -0.2) is 8.42 Å². The fourth-order valence-corrected chi connectivity index (χ4v) is 2.97. The first-order valence-electron chi connectivity index (χ1n) is 5.48. The molecule has 0 aliphatic heterocycles. The lowest BCUT2D eigenvalue weighted by Gasteiger charge is -2.07. The van der Waals surface area contributed by atoms with Gasteiger partial charge in [-0.15, -0.1) is 10.2 Å². The molecule has 6 nitrogen and oxygen atoms in total. The zero-order valence-corrected chi connectivity index (χ0v) is 11.8. The van der Waals surface area contributed by atoms with E-state index in [2.05, 4.69) is 15.2 Å². The zero-order chi connectivity index (χ0) is 13.6. The van der Waals surface area contributed by atoms with Crippen molar-refractivity contribution in [2.75, 3.05) is 0 Å². The largest absolute Gasteiger partial charge is 0.296 e. The van der Waals surface area contributed by atoms with Crippen LogP contribution in [0.25, 0.3) is 11.4 Å². The second kappa shape index (κ2) is 4.43. The van der Waals surface area contributed by atoms with Crippen LogP contribution in [-0.2, 0) is 9.05 Å². The molecule has 1 saturated carbocycles. The van der Waals surface area contributed by atoms with Crippen LogP contribution in [0.1, 0.15) is 18.9 Å². The predicted octanol–water partition coefficient (Wildman–Crippen LogP) is 2.26. The van der Waals surface area contributed by atoms with Gasteiger partial charge >= 0.3 is 0 Å². The Morgan fingerprint density at radius 2 is 2.05 bits per heavy atom. The minimum absolute atomic E-state index is 0.0535. The van der Waals surface area contributed by atoms with E-state index in [0.29, 0.717) is 16.4 Å². The molecule has 100 valence electrons. The lowest BCUT2D eigenvalue weighted by molar-refractivity contribution is 0.579. The van der Waals surface area contributed by atoms with Crippen LogP contribution >= 0.6 is 22.3 Å². The van der Waals surface area contributed by atoms with Gasteiger partial charge in [0, 0.05) is 34.7 Å². The van der Waals surface area contributed by atoms with Gasteiger partial charge < -0.3 is 0 Å². The average molecular weight is 319 g/mol. The maximum absolute atomic E-state index is 11.5. The molecule has 0 radical (unpaired) electrons. The molecule has 1 aliphatic rings. The lowest BCUT2D eigenvalue weighted by Crippen LogP contribution is -2.06. The number of halogens is 2. The number of hydrogen-bond acceptors (Lipinski definition) is 5. The summed E-state index contributed by atoms with van der Waals surface area (Å²) in [6.07, 6.45) is 4.76. The molecule has 1 aliphatic carbocycles. The van der Waals surface area contributed by atoms with E-state index in [1.54, 1.807) is 12.3 Å². The molecule has 0 amide bonds. The summed E-state index contributed by atoms with van der Waals surface area (Å²) in [6, 6.07) is 1.72. The van der Waals surface area contributed by atoms with Gasteiger partial charge in [0.2, 0.25) is 0 Å². The third-order valence-corrected chi connectivity index (χ3v) is 4.24. The number of nitrogens with zero attached hydrogens (tertiary/aromatic N) is 4. The summed E-state index contributed by atoms with van der Waals surface area (Å²) in [7, 11) is 1.44. The van der Waals surface area contributed by atoms with Crippen molar-refractivity contribution in [3.8, 4) is 11.4 Å². The molecule has 0 unspecified atom stereocenters. The highest BCUT2D eigenvalue weighted by Gasteiger charge is 2.34. The molecule has 0 bridgehead atoms. The fraction of sp³-hybridized carbons (Fsp3) is 0.300. The van der Waals surface area contributed by atoms with Crippen LogP contribution in [0.2, 0.25) is 5.02 Å². The molecule has 9 heteroatoms. The maximum atomic E-state index is 11.5. The molecule has 0 atom stereocenters. The SMILES string of the molecule is O=S(=O)(Cl)c1nnc(-c2ccncc2Cl)n1C1CC1. The quantitative estimate of drug-likeness (QED) is 0.811. The Balaban J connectivity index is 2.24. The van der Waals surface area contributed by atoms with Crippen molar-refractivity contribution in [1.82, 2.24) is 19.7 Å². The van der Waals surface area contributed by atoms with E-state index in [1.807, 2.05) is 0 Å². The molecular formula is C10H8Cl2N4O2S. The Kier molecular flexibility index (Phi) is 2.99. The molecule has 2 aromatic rings. The standard InChI is InChI=1S/C10H8Cl2N4O2S/c11-8-5-13-4-3-7(8)9-14-15-10(19(12,17)18)16(9)6-1-2-6/h3-6H,1-2H2. The number of hydrogen-bond donors (Lipinski definition) is 0. The van der Waals surface area contributed by atoms with E-state index < -0.39 is 9.05 Å². The topological polar surface area (TPSA) is 77.7 Å². The summed E-state index contributed by atoms with van der Waals surface area (Å²) in [4.78, 5) is 3.88. The Morgan fingerprint density at radius 3 is 2.63 bits per heavy atom. The van der Waals surface area contributed by atoms with Gasteiger partial charge in [0.25, 0.3) is 14.2 Å². The van der Waals surface area contributed by atoms with Crippen molar-refractivity contribution in [3.05, 3.63) is 23.5 Å². The first kappa shape index (κ1) is 12.8. The van der Waals surface area contributed by atoms with E-state index >= 15 is 0 Å². The van der Waals surface area contributed by atoms with Crippen molar-refractivity contribution < 1.29 is 8.42 Å². The van der Waals surface area contributed by atoms with E-state index in [1.165, 1.54) is 10.8 Å². The minimum Gasteiger partial charge on any atom is -0.294 e. The first-order chi connectivity index (χ1) is 8.98. The average Bonchev–Trinajstić information content (AvgIpc) is 3.07. The summed E-state index contributed by atoms with van der Waals surface area (Å²) >= 11 is 6.05. The molecule has 2 heterocycles. The highest BCUT2D eigenvalue weighted by molar-refractivity contribution is 8.13. The summed E-state index contributed by atoms with van der Waals surface area (Å²) in [5, 5.41) is 7.74. The minimum atomic E-state index is -3.94. The van der Waals surface area contributed by atoms with Crippen molar-refractivity contribution in [2.24, 2.45) is 0 Å². The molecule has 0 spiro atoms. The van der Waals surface area contributed by atoms with Crippen LogP contribution in [0, 0.1) is 0 Å². The summed E-state index contributed by atoms with van der Waals surface area (Å²) in [5.74, 6) is 0.397. The smallest absolute Gasteiger partial charge is 0.294 e. The van der Waals surface area contributed by atoms with E-state index in [-0.39, 0.29) is 11.2 Å². The van der Waals surface area contributed by atoms with Crippen LogP contribution in [0.4, 0.5) is 0 Å². The van der Waals surface area contributed by atoms with Gasteiger partial charge in [0.05, 0.1) is 5.02 Å². The fourth-order valence-electron chi connectivity index (χ4n) is 1.85. The molecule has 3 rings (SSSR count). The van der Waals surface area contributed by atoms with E-state index in [0.717, 1.165) is 12.8 Å². The highest BCUT2D eigenvalue weighted by Crippen LogP contribution is 2.41. The van der Waals surface area contributed by atoms with Gasteiger partial charge in [-0.3, -0.25) is 9.55 Å². The van der Waals surface area contributed by atoms with Crippen molar-refractivity contribution in [1.29, 1.82) is 0 Å². The predicted molar refractivity (Wildman–Crippen MR) is 69.6 cm³/mol. The third kappa shape index (κ3) is 2.33. The van der Waals surface area contributed by atoms with Crippen molar-refractivity contribution in [3.63, 3.8) is 0 Å². The van der Waals surface area contributed by atoms with Crippen molar-refractivity contribution in [2.45, 2.75) is 24.0 Å². The van der Waals surface area contributed by atoms with Crippen LogP contribution in [0.15, 0.2) is 23.6 Å². The van der Waals surface area contributed by atoms with Gasteiger partial charge in [0.1, 0.15) is 0 Å². The van der Waals surface area contributed by atoms with Gasteiger partial charge in [-0.1, -0.05) is 11.6 Å². The third-order valence-electron chi connectivity index (χ3n) is 2.81. The Morgan fingerprint density at radius 1 is 1.32 bits per heavy atom. The van der Waals surface area contributed by atoms with Crippen molar-refractivity contribution >= 4 is 31.3 Å². The number of pyridine rings is 1. The summed E-state index contributed by atoms with van der Waals surface area (Å²) in [5.41, 5.74) is 0.586. The van der Waals surface area contributed by atoms with Crippen LogP contribution in [0.3, 0.4) is 0 Å². The Hall–Kier alpha value is -1.18. The monoisotopic (exact) mass is 318 g/mol. The van der Waals surface area contributed by atoms with Crippen LogP contribution in [-0.4, -0.2) is 28.2 Å². The highest BCUT2D eigenvalue weighted by atomic mass is 35.7. The van der Waals surface area contributed by atoms with E-state index in [9.17, 15) is 8.42 Å². The van der Waals surface area contributed by atoms with Crippen LogP contribution in [0.5, 0.6) is 0 Å². The summed E-state index contributed by atoms with van der Waals surface area (Å²) < 4.78 is 24.6. The lowest BCUT2D eigenvalue weighted by atomic mass is 10.2. The second-order valence-corrected chi connectivity index (χ2v) is 7.07. The summed E-state index contributed by atoms with van der Waals surface area (Å²) in [6.45, 7) is 0. The van der Waals surface area contributed by atoms with Gasteiger partial charge in [-0.05, 0) is 18.9 Å². The number of rotatable bonds is 3. The maximum Gasteiger partial charge on any atom is 0.296 e. The Bertz CT molecular complexity index is 740. The normalized spacial score (nSPS) is 15.7. The van der Waals surface area contributed by atoms with Gasteiger partial charge in [0.15, 0.2) is 5.82 Å². The molecule has 0 saturated heterocycles. The first-order valence-corrected chi connectivity index (χ1v) is 8.16. The zero-order valence-electron chi connectivity index (χ0n) is 9.49. The molecular weight excluding hydrogens is 311 g/mol. The molecule has 2 aromatic heterocycles. The Labute approximate surface area is 118 Å². The van der Waals surface area contributed by atoms with Crippen LogP contribution < -0.4 is 0 Å². The number of aromatic nitrogens is 4. The van der Waals surface area contributed by atoms with E-state index in [4.69, 9.17) is 22.3 Å². The molecule has 0 N–H and O–H groups in total. The molecule has 1 fully saturated rings. The van der Waals surface area contributed by atoms with Gasteiger partial charge in [-0.2, -0.15) is 0 Å².